The van der Waals surface area contributed by atoms with Crippen LogP contribution < -0.4 is 0 Å². The fourth-order valence-corrected chi connectivity index (χ4v) is 1.71. The molecule has 4 nitrogen and oxygen atoms in total. The van der Waals surface area contributed by atoms with Crippen molar-refractivity contribution in [2.45, 2.75) is 33.1 Å². The zero-order chi connectivity index (χ0) is 11.5. The first-order valence-corrected chi connectivity index (χ1v) is 5.22. The molecule has 1 aliphatic rings. The molecule has 0 aromatic heterocycles. The van der Waals surface area contributed by atoms with Gasteiger partial charge in [0.15, 0.2) is 0 Å². The Morgan fingerprint density at radius 1 is 1.67 bits per heavy atom. The third kappa shape index (κ3) is 2.82. The highest BCUT2D eigenvalue weighted by Gasteiger charge is 2.37. The summed E-state index contributed by atoms with van der Waals surface area (Å²) in [7, 11) is -1.39. The Morgan fingerprint density at radius 2 is 2.33 bits per heavy atom. The Labute approximate surface area is 90.1 Å². The Morgan fingerprint density at radius 3 is 2.73 bits per heavy atom. The van der Waals surface area contributed by atoms with E-state index in [-0.39, 0.29) is 5.97 Å². The van der Waals surface area contributed by atoms with Crippen molar-refractivity contribution in [1.29, 1.82) is 0 Å². The second-order valence-electron chi connectivity index (χ2n) is 4.14. The molecule has 0 heterocycles. The molecule has 0 fully saturated rings. The predicted octanol–water partition coefficient (Wildman–Crippen LogP) is 0.678. The van der Waals surface area contributed by atoms with Gasteiger partial charge in [-0.15, -0.1) is 0 Å². The molecule has 1 rings (SSSR count). The van der Waals surface area contributed by atoms with E-state index in [1.165, 1.54) is 0 Å². The molecule has 84 valence electrons. The molecule has 1 aliphatic carbocycles. The summed E-state index contributed by atoms with van der Waals surface area (Å²) in [6, 6.07) is 0. The molecule has 0 bridgehead atoms. The lowest BCUT2D eigenvalue weighted by Crippen LogP contribution is -2.33. The van der Waals surface area contributed by atoms with Crippen LogP contribution in [0.1, 0.15) is 33.1 Å². The quantitative estimate of drug-likeness (QED) is 0.533. The van der Waals surface area contributed by atoms with Crippen LogP contribution >= 0.6 is 0 Å². The molecule has 1 atom stereocenters. The Bertz CT molecular complexity index is 275. The van der Waals surface area contributed by atoms with Crippen molar-refractivity contribution < 1.29 is 19.6 Å². The standard InChI is InChI=1S/C10H17BO4/c1-3-15-9(12)10(2)6-4-8(5-7-10)11(13)14/h4,13-14H,3,5-7H2,1-2H3/t10-/m0/s1. The van der Waals surface area contributed by atoms with Gasteiger partial charge in [-0.2, -0.15) is 0 Å². The average Bonchev–Trinajstić information content (AvgIpc) is 2.18. The SMILES string of the molecule is CCOC(=O)[C@@]1(C)CC=C(B(O)O)CC1. The molecule has 0 aliphatic heterocycles. The van der Waals surface area contributed by atoms with Crippen LogP contribution in [-0.2, 0) is 9.53 Å². The third-order valence-electron chi connectivity index (χ3n) is 2.88. The highest BCUT2D eigenvalue weighted by Crippen LogP contribution is 2.36. The molecule has 0 saturated heterocycles. The van der Waals surface area contributed by atoms with Gasteiger partial charge in [0.1, 0.15) is 0 Å². The van der Waals surface area contributed by atoms with Crippen molar-refractivity contribution in [2.75, 3.05) is 6.61 Å². The molecule has 5 heteroatoms. The van der Waals surface area contributed by atoms with Crippen LogP contribution in [0.4, 0.5) is 0 Å². The molecule has 0 radical (unpaired) electrons. The second-order valence-corrected chi connectivity index (χ2v) is 4.14. The highest BCUT2D eigenvalue weighted by molar-refractivity contribution is 6.50. The number of hydrogen-bond donors (Lipinski definition) is 2. The minimum Gasteiger partial charge on any atom is -0.466 e. The lowest BCUT2D eigenvalue weighted by molar-refractivity contribution is -0.154. The van der Waals surface area contributed by atoms with Gasteiger partial charge in [-0.3, -0.25) is 4.79 Å². The zero-order valence-corrected chi connectivity index (χ0v) is 9.19. The number of carbonyl (C=O) groups is 1. The van der Waals surface area contributed by atoms with Crippen molar-refractivity contribution in [3.8, 4) is 0 Å². The van der Waals surface area contributed by atoms with E-state index in [0.717, 1.165) is 0 Å². The Kier molecular flexibility index (Phi) is 3.93. The maximum Gasteiger partial charge on any atom is 0.483 e. The summed E-state index contributed by atoms with van der Waals surface area (Å²) in [5.74, 6) is -0.201. The predicted molar refractivity (Wildman–Crippen MR) is 56.9 cm³/mol. The molecular weight excluding hydrogens is 195 g/mol. The van der Waals surface area contributed by atoms with Crippen molar-refractivity contribution in [3.05, 3.63) is 11.5 Å². The van der Waals surface area contributed by atoms with Gasteiger partial charge in [0.25, 0.3) is 0 Å². The number of hydrogen-bond acceptors (Lipinski definition) is 4. The van der Waals surface area contributed by atoms with E-state index in [4.69, 9.17) is 14.8 Å². The van der Waals surface area contributed by atoms with Gasteiger partial charge in [-0.1, -0.05) is 6.08 Å². The molecule has 0 aromatic rings. The first kappa shape index (κ1) is 12.3. The van der Waals surface area contributed by atoms with Gasteiger partial charge >= 0.3 is 13.1 Å². The van der Waals surface area contributed by atoms with Crippen LogP contribution in [0, 0.1) is 5.41 Å². The molecule has 2 N–H and O–H groups in total. The molecule has 0 spiro atoms. The first-order valence-electron chi connectivity index (χ1n) is 5.22. The summed E-state index contributed by atoms with van der Waals surface area (Å²) in [5, 5.41) is 17.9. The van der Waals surface area contributed by atoms with Crippen LogP contribution in [0.25, 0.3) is 0 Å². The highest BCUT2D eigenvalue weighted by atomic mass is 16.5. The molecule has 0 amide bonds. The lowest BCUT2D eigenvalue weighted by atomic mass is 9.67. The third-order valence-corrected chi connectivity index (χ3v) is 2.88. The zero-order valence-electron chi connectivity index (χ0n) is 9.19. The molecule has 0 saturated carbocycles. The number of rotatable bonds is 3. The molecule has 0 unspecified atom stereocenters. The largest absolute Gasteiger partial charge is 0.483 e. The minimum absolute atomic E-state index is 0.201. The summed E-state index contributed by atoms with van der Waals surface area (Å²) < 4.78 is 4.99. The van der Waals surface area contributed by atoms with E-state index in [2.05, 4.69) is 0 Å². The monoisotopic (exact) mass is 212 g/mol. The summed E-state index contributed by atoms with van der Waals surface area (Å²) in [5.41, 5.74) is 0.0887. The summed E-state index contributed by atoms with van der Waals surface area (Å²) >= 11 is 0. The van der Waals surface area contributed by atoms with Gasteiger partial charge < -0.3 is 14.8 Å². The van der Waals surface area contributed by atoms with Crippen molar-refractivity contribution in [1.82, 2.24) is 0 Å². The van der Waals surface area contributed by atoms with E-state index in [1.807, 2.05) is 6.92 Å². The van der Waals surface area contributed by atoms with Crippen molar-refractivity contribution in [2.24, 2.45) is 5.41 Å². The smallest absolute Gasteiger partial charge is 0.466 e. The van der Waals surface area contributed by atoms with Crippen LogP contribution in [0.15, 0.2) is 11.5 Å². The molecule has 15 heavy (non-hydrogen) atoms. The fourth-order valence-electron chi connectivity index (χ4n) is 1.71. The lowest BCUT2D eigenvalue weighted by Gasteiger charge is -2.30. The van der Waals surface area contributed by atoms with E-state index < -0.39 is 12.5 Å². The van der Waals surface area contributed by atoms with Crippen LogP contribution in [0.2, 0.25) is 0 Å². The van der Waals surface area contributed by atoms with E-state index in [1.54, 1.807) is 13.0 Å². The van der Waals surface area contributed by atoms with Crippen LogP contribution in [0.5, 0.6) is 0 Å². The van der Waals surface area contributed by atoms with Gasteiger partial charge in [-0.25, -0.2) is 0 Å². The van der Waals surface area contributed by atoms with Crippen molar-refractivity contribution in [3.63, 3.8) is 0 Å². The average molecular weight is 212 g/mol. The van der Waals surface area contributed by atoms with E-state index in [0.29, 0.717) is 31.3 Å². The van der Waals surface area contributed by atoms with E-state index >= 15 is 0 Å². The maximum atomic E-state index is 11.6. The summed E-state index contributed by atoms with van der Waals surface area (Å²) in [6.07, 6.45) is 3.38. The molecule has 0 aromatic carbocycles. The first-order chi connectivity index (χ1) is 6.99. The van der Waals surface area contributed by atoms with Gasteiger partial charge in [-0.05, 0) is 38.6 Å². The Hall–Kier alpha value is -0.805. The minimum atomic E-state index is -1.39. The normalized spacial score (nSPS) is 25.7. The number of allylic oxidation sites excluding steroid dienone is 2. The number of carbonyl (C=O) groups excluding carboxylic acids is 1. The van der Waals surface area contributed by atoms with Crippen LogP contribution in [-0.4, -0.2) is 29.7 Å². The maximum absolute atomic E-state index is 11.6. The molecular formula is C10H17BO4. The van der Waals surface area contributed by atoms with E-state index in [9.17, 15) is 4.79 Å². The summed E-state index contributed by atoms with van der Waals surface area (Å²) in [4.78, 5) is 11.6. The van der Waals surface area contributed by atoms with Gasteiger partial charge in [0.05, 0.1) is 12.0 Å². The Balaban J connectivity index is 2.65. The van der Waals surface area contributed by atoms with Crippen molar-refractivity contribution >= 4 is 13.1 Å². The number of ether oxygens (including phenoxy) is 1. The van der Waals surface area contributed by atoms with Gasteiger partial charge in [0.2, 0.25) is 0 Å². The van der Waals surface area contributed by atoms with Gasteiger partial charge in [0, 0.05) is 0 Å². The number of esters is 1. The summed E-state index contributed by atoms with van der Waals surface area (Å²) in [6.45, 7) is 4.01. The topological polar surface area (TPSA) is 66.8 Å². The second kappa shape index (κ2) is 4.81. The fraction of sp³-hybridized carbons (Fsp3) is 0.700. The van der Waals surface area contributed by atoms with Crippen LogP contribution in [0.3, 0.4) is 0 Å².